The fourth-order valence-corrected chi connectivity index (χ4v) is 4.58. The van der Waals surface area contributed by atoms with E-state index in [0.29, 0.717) is 53.3 Å². The largest absolute Gasteiger partial charge is 0.436 e. The number of aromatic nitrogens is 3. The molecule has 2 aromatic carbocycles. The second-order valence-corrected chi connectivity index (χ2v) is 9.96. The van der Waals surface area contributed by atoms with Gasteiger partial charge in [0.2, 0.25) is 11.8 Å². The highest BCUT2D eigenvalue weighted by atomic mass is 19.4. The van der Waals surface area contributed by atoms with Crippen LogP contribution in [0.15, 0.2) is 53.1 Å². The Morgan fingerprint density at radius 2 is 1.95 bits per heavy atom. The smallest absolute Gasteiger partial charge is 0.433 e. The van der Waals surface area contributed by atoms with Crippen LogP contribution >= 0.6 is 0 Å². The second-order valence-electron chi connectivity index (χ2n) is 9.96. The van der Waals surface area contributed by atoms with Crippen molar-refractivity contribution in [3.63, 3.8) is 0 Å². The van der Waals surface area contributed by atoms with Gasteiger partial charge in [0.1, 0.15) is 5.69 Å². The number of carbonyl (C=O) groups is 1. The van der Waals surface area contributed by atoms with Gasteiger partial charge >= 0.3 is 6.18 Å². The monoisotopic (exact) mass is 564 g/mol. The van der Waals surface area contributed by atoms with Gasteiger partial charge in [-0.25, -0.2) is 19.8 Å². The van der Waals surface area contributed by atoms with Crippen molar-refractivity contribution in [3.05, 3.63) is 76.9 Å². The average Bonchev–Trinajstić information content (AvgIpc) is 3.25. The summed E-state index contributed by atoms with van der Waals surface area (Å²) < 4.78 is 50.9. The highest BCUT2D eigenvalue weighted by Gasteiger charge is 2.33. The average molecular weight is 565 g/mol. The number of halogens is 3. The summed E-state index contributed by atoms with van der Waals surface area (Å²) in [5.74, 6) is 0.265. The molecule has 3 heterocycles. The van der Waals surface area contributed by atoms with Crippen LogP contribution in [0.1, 0.15) is 47.8 Å². The van der Waals surface area contributed by atoms with Crippen LogP contribution in [0.25, 0.3) is 27.4 Å². The SMILES string of the molecule is [C-]#[N+]c1cc(C(C)C)c2oc(-c3ccc(C(=O)NC[C@@H]4CCN(c5nccc(C(F)(F)F)n5)CCO4)cc3)nc2c1. The molecule has 0 bridgehead atoms. The lowest BCUT2D eigenvalue weighted by Gasteiger charge is -2.20. The molecule has 0 radical (unpaired) electrons. The Morgan fingerprint density at radius 1 is 1.17 bits per heavy atom. The van der Waals surface area contributed by atoms with E-state index in [4.69, 9.17) is 15.7 Å². The van der Waals surface area contributed by atoms with Crippen molar-refractivity contribution in [1.29, 1.82) is 0 Å². The van der Waals surface area contributed by atoms with E-state index in [1.165, 1.54) is 0 Å². The van der Waals surface area contributed by atoms with Gasteiger partial charge in [-0.05, 0) is 60.4 Å². The molecular formula is C29H27F3N6O3. The van der Waals surface area contributed by atoms with Crippen LogP contribution in [0.4, 0.5) is 24.8 Å². The number of hydrogen-bond donors (Lipinski definition) is 1. The number of amides is 1. The topological polar surface area (TPSA) is 97.7 Å². The summed E-state index contributed by atoms with van der Waals surface area (Å²) in [7, 11) is 0. The van der Waals surface area contributed by atoms with Crippen LogP contribution in [-0.4, -0.2) is 53.2 Å². The van der Waals surface area contributed by atoms with Crippen LogP contribution in [0.3, 0.4) is 0 Å². The lowest BCUT2D eigenvalue weighted by Crippen LogP contribution is -2.34. The van der Waals surface area contributed by atoms with Crippen LogP contribution < -0.4 is 10.2 Å². The minimum absolute atomic E-state index is 0.000554. The molecule has 212 valence electrons. The quantitative estimate of drug-likeness (QED) is 0.287. The maximum Gasteiger partial charge on any atom is 0.433 e. The first-order chi connectivity index (χ1) is 19.6. The Morgan fingerprint density at radius 3 is 2.66 bits per heavy atom. The van der Waals surface area contributed by atoms with E-state index < -0.39 is 11.9 Å². The lowest BCUT2D eigenvalue weighted by molar-refractivity contribution is -0.141. The predicted molar refractivity (Wildman–Crippen MR) is 146 cm³/mol. The third-order valence-corrected chi connectivity index (χ3v) is 6.79. The van der Waals surface area contributed by atoms with Gasteiger partial charge in [0.15, 0.2) is 11.3 Å². The number of anilines is 1. The van der Waals surface area contributed by atoms with Crippen LogP contribution in [0.2, 0.25) is 0 Å². The van der Waals surface area contributed by atoms with Gasteiger partial charge in [-0.15, -0.1) is 0 Å². The summed E-state index contributed by atoms with van der Waals surface area (Å²) in [5, 5.41) is 2.86. The molecule has 12 heteroatoms. The molecule has 0 saturated carbocycles. The summed E-state index contributed by atoms with van der Waals surface area (Å²) >= 11 is 0. The molecule has 0 spiro atoms. The molecule has 4 aromatic rings. The van der Waals surface area contributed by atoms with Gasteiger partial charge in [-0.2, -0.15) is 13.2 Å². The summed E-state index contributed by atoms with van der Waals surface area (Å²) in [5.41, 5.74) is 2.81. The van der Waals surface area contributed by atoms with E-state index in [9.17, 15) is 18.0 Å². The van der Waals surface area contributed by atoms with Crippen molar-refractivity contribution < 1.29 is 27.1 Å². The number of nitrogens with zero attached hydrogens (tertiary/aromatic N) is 5. The molecule has 1 saturated heterocycles. The van der Waals surface area contributed by atoms with Gasteiger partial charge < -0.3 is 19.4 Å². The number of oxazole rings is 1. The van der Waals surface area contributed by atoms with E-state index in [0.717, 1.165) is 17.8 Å². The standard InChI is InChI=1S/C29H27F3N6O3/c1-17(2)22-14-20(33-3)15-23-25(22)41-27(36-23)19-6-4-18(5-7-19)26(39)35-16-21-9-11-38(12-13-40-21)28-34-10-8-24(37-28)29(30,31)32/h4-8,10,14-15,17,21H,9,11-13,16H2,1-2H3,(H,35,39)/t21-/m0/s1. The molecule has 41 heavy (non-hydrogen) atoms. The van der Waals surface area contributed by atoms with Crippen LogP contribution in [0.5, 0.6) is 0 Å². The fraction of sp³-hybridized carbons (Fsp3) is 0.345. The van der Waals surface area contributed by atoms with Crippen molar-refractivity contribution in [1.82, 2.24) is 20.3 Å². The Bertz CT molecular complexity index is 1590. The van der Waals surface area contributed by atoms with E-state index in [2.05, 4.69) is 25.1 Å². The first kappa shape index (κ1) is 28.0. The second kappa shape index (κ2) is 11.5. The minimum Gasteiger partial charge on any atom is -0.436 e. The van der Waals surface area contributed by atoms with Gasteiger partial charge in [0, 0.05) is 37.0 Å². The van der Waals surface area contributed by atoms with E-state index in [1.54, 1.807) is 35.2 Å². The summed E-state index contributed by atoms with van der Waals surface area (Å²) in [4.78, 5) is 30.2. The summed E-state index contributed by atoms with van der Waals surface area (Å²) in [6, 6.07) is 11.2. The Balaban J connectivity index is 1.20. The number of rotatable bonds is 6. The van der Waals surface area contributed by atoms with Crippen LogP contribution in [-0.2, 0) is 10.9 Å². The van der Waals surface area contributed by atoms with Crippen molar-refractivity contribution >= 4 is 28.6 Å². The molecule has 1 aliphatic heterocycles. The third-order valence-electron chi connectivity index (χ3n) is 6.79. The van der Waals surface area contributed by atoms with Gasteiger partial charge in [0.25, 0.3) is 5.91 Å². The molecule has 1 N–H and O–H groups in total. The zero-order valence-corrected chi connectivity index (χ0v) is 22.4. The normalized spacial score (nSPS) is 16.0. The van der Waals surface area contributed by atoms with Crippen molar-refractivity contribution in [2.45, 2.75) is 38.5 Å². The molecule has 2 aromatic heterocycles. The Kier molecular flexibility index (Phi) is 7.90. The molecule has 1 atom stereocenters. The zero-order chi connectivity index (χ0) is 29.1. The molecular weight excluding hydrogens is 537 g/mol. The van der Waals surface area contributed by atoms with Gasteiger partial charge in [-0.3, -0.25) is 4.79 Å². The highest BCUT2D eigenvalue weighted by molar-refractivity contribution is 5.94. The lowest BCUT2D eigenvalue weighted by atomic mass is 10.0. The fourth-order valence-electron chi connectivity index (χ4n) is 4.58. The molecule has 5 rings (SSSR count). The van der Waals surface area contributed by atoms with Crippen molar-refractivity contribution in [3.8, 4) is 11.5 Å². The maximum absolute atomic E-state index is 13.0. The van der Waals surface area contributed by atoms with Crippen molar-refractivity contribution in [2.24, 2.45) is 0 Å². The molecule has 1 fully saturated rings. The molecule has 1 amide bonds. The third kappa shape index (κ3) is 6.30. The Hall–Kier alpha value is -4.50. The number of ether oxygens (including phenoxy) is 1. The van der Waals surface area contributed by atoms with E-state index >= 15 is 0 Å². The first-order valence-electron chi connectivity index (χ1n) is 13.1. The van der Waals surface area contributed by atoms with E-state index in [-0.39, 0.29) is 37.0 Å². The zero-order valence-electron chi connectivity index (χ0n) is 22.4. The van der Waals surface area contributed by atoms with E-state index in [1.807, 2.05) is 19.9 Å². The number of fused-ring (bicyclic) bond motifs is 1. The molecule has 0 unspecified atom stereocenters. The number of nitrogens with one attached hydrogen (secondary N) is 1. The van der Waals surface area contributed by atoms with Crippen LogP contribution in [0, 0.1) is 6.57 Å². The minimum atomic E-state index is -4.55. The maximum atomic E-state index is 13.0. The molecule has 1 aliphatic rings. The number of benzene rings is 2. The summed E-state index contributed by atoms with van der Waals surface area (Å²) in [6.07, 6.45) is -3.29. The Labute approximate surface area is 234 Å². The predicted octanol–water partition coefficient (Wildman–Crippen LogP) is 6.00. The summed E-state index contributed by atoms with van der Waals surface area (Å²) in [6.45, 7) is 12.6. The van der Waals surface area contributed by atoms with Crippen molar-refractivity contribution in [2.75, 3.05) is 31.1 Å². The molecule has 9 nitrogen and oxygen atoms in total. The number of hydrogen-bond acceptors (Lipinski definition) is 7. The van der Waals surface area contributed by atoms with Gasteiger partial charge in [-0.1, -0.05) is 13.8 Å². The highest BCUT2D eigenvalue weighted by Crippen LogP contribution is 2.34. The first-order valence-corrected chi connectivity index (χ1v) is 13.1. The number of alkyl halides is 3. The van der Waals surface area contributed by atoms with Gasteiger partial charge in [0.05, 0.1) is 24.8 Å². The molecule has 0 aliphatic carbocycles. The number of carbonyl (C=O) groups excluding carboxylic acids is 1.